The number of alkyl halides is 1. The smallest absolute Gasteiger partial charge is 0.168 e. The van der Waals surface area contributed by atoms with E-state index in [1.54, 1.807) is 23.1 Å². The van der Waals surface area contributed by atoms with Crippen LogP contribution in [-0.4, -0.2) is 171 Å². The molecule has 0 aromatic carbocycles. The maximum atomic E-state index is 11.2. The molecular weight excluding hydrogens is 1370 g/mol. The van der Waals surface area contributed by atoms with Gasteiger partial charge in [-0.25, -0.2) is 0 Å². The van der Waals surface area contributed by atoms with E-state index >= 15 is 0 Å². The number of rotatable bonds is 15. The predicted molar refractivity (Wildman–Crippen MR) is 408 cm³/mol. The Labute approximate surface area is 625 Å². The van der Waals surface area contributed by atoms with Crippen molar-refractivity contribution in [1.29, 1.82) is 0 Å². The molecule has 106 heavy (non-hydrogen) atoms. The maximum absolute atomic E-state index is 11.2. The number of ketones is 2. The number of H-pyrrole nitrogens is 2. The highest BCUT2D eigenvalue weighted by molar-refractivity contribution is 6.16. The number of nitrogens with one attached hydrogen (secondary N) is 2. The minimum absolute atomic E-state index is 0.00284. The van der Waals surface area contributed by atoms with Gasteiger partial charge in [-0.3, -0.25) is 33.7 Å². The minimum Gasteiger partial charge on any atom is -0.390 e. The van der Waals surface area contributed by atoms with Gasteiger partial charge in [0.1, 0.15) is 28.9 Å². The van der Waals surface area contributed by atoms with Crippen LogP contribution in [0, 0.1) is 75.2 Å². The van der Waals surface area contributed by atoms with Crippen molar-refractivity contribution in [3.05, 3.63) is 190 Å². The van der Waals surface area contributed by atoms with Gasteiger partial charge in [0, 0.05) is 146 Å². The Hall–Kier alpha value is -9.48. The van der Waals surface area contributed by atoms with Gasteiger partial charge in [0.05, 0.1) is 86.9 Å². The van der Waals surface area contributed by atoms with Crippen molar-refractivity contribution in [2.45, 2.75) is 172 Å². The molecule has 0 spiro atoms. The number of nitrogens with zero attached hydrogens (tertiary/aromatic N) is 15. The molecule has 5 aliphatic rings. The van der Waals surface area contributed by atoms with E-state index in [2.05, 4.69) is 182 Å². The zero-order chi connectivity index (χ0) is 76.0. The summed E-state index contributed by atoms with van der Waals surface area (Å²) >= 11 is 6.05. The molecule has 5 aliphatic heterocycles. The zero-order valence-electron chi connectivity index (χ0n) is 63.7. The lowest BCUT2D eigenvalue weighted by Gasteiger charge is -2.11. The number of aryl methyl sites for hydroxylation is 10. The number of aliphatic hydroxyl groups is 1. The number of nitrogen functional groups attached to an aromatic ring is 1. The molecule has 11 aromatic rings. The molecule has 5 saturated heterocycles. The van der Waals surface area contributed by atoms with Gasteiger partial charge >= 0.3 is 0 Å². The van der Waals surface area contributed by atoms with Crippen molar-refractivity contribution < 1.29 is 43.2 Å². The standard InChI is InChI=1S/C14H18ClN3O.C14H19N3O2.C14H17N3O2.C13H17N3O.C9H11N3.C6H10O2.C5H10O.C3H5N3/c1-10-3-4-11(2)17(10)14-7-13(8-15)18(16-14)12-5-6-19-9-12;2*1-10-3-4-11(2)16(10)14-7-13(8-18)17(15-14)12-5-6-19-9-12;1-10-3-4-11(2)16(10)13-5-7-15(14-13)12-6-8-17-9-12;1-7-3-4-8(2)12(7)9-5-6-10-11-9;1-5(7)3-4-6(2)8;1-5-2-3-6-4-5;4-3-1-2-5-6-3/h3-4,7,12H,5-6,8-9H2,1-2H3;3-4,7,12,18H,5-6,8-9H2,1-2H3;3-4,7-8,12H,5-6,9H2,1-2H3;3-5,7,12H,6,8-9H2,1-2H3;3-6H,1-2H3,(H,10,11);3-4H2,1-2H3;5H,2-4H2,1H3;1-2H,(H3,4,5,6)/t4*12-;;;5-;/m0000..1./s1. The number of hydrogen-bond acceptors (Lipinski definition) is 16. The van der Waals surface area contributed by atoms with E-state index in [1.165, 1.54) is 54.4 Å². The number of ether oxygens (including phenoxy) is 5. The SMILES string of the molecule is CC(=O)CCC(C)=O.C[C@@H]1CCOC1.Cc1ccc(C)n1-c1cc(C=O)n([C@H]2CCOC2)n1.Cc1ccc(C)n1-c1cc(CCl)n([C@H]2CCOC2)n1.Cc1ccc(C)n1-c1cc(CO)n([C@H]2CCOC2)n1.Cc1ccc(C)n1-c1ccn([C@H]2CCOC2)n1.Cc1ccc(C)n1-c1ccn[nH]1.Nc1ccn[nH]1. The normalized spacial score (nSPS) is 17.8. The van der Waals surface area contributed by atoms with E-state index in [9.17, 15) is 19.5 Å². The monoisotopic (exact) mass is 1470 g/mol. The molecule has 5 atom stereocenters. The molecule has 16 rings (SSSR count). The molecule has 0 amide bonds. The van der Waals surface area contributed by atoms with E-state index in [1.807, 2.05) is 64.4 Å². The lowest BCUT2D eigenvalue weighted by molar-refractivity contribution is -0.122. The Morgan fingerprint density at radius 2 is 0.858 bits per heavy atom. The van der Waals surface area contributed by atoms with Gasteiger partial charge < -0.3 is 66.9 Å². The van der Waals surface area contributed by atoms with Gasteiger partial charge in [-0.1, -0.05) is 6.92 Å². The second-order valence-corrected chi connectivity index (χ2v) is 27.7. The fourth-order valence-electron chi connectivity index (χ4n) is 13.1. The number of aliphatic hydroxyl groups excluding tert-OH is 1. The summed E-state index contributed by atoms with van der Waals surface area (Å²) in [6.07, 6.45) is 12.3. The van der Waals surface area contributed by atoms with E-state index < -0.39 is 0 Å². The zero-order valence-corrected chi connectivity index (χ0v) is 64.5. The molecule has 5 fully saturated rings. The third-order valence-electron chi connectivity index (χ3n) is 18.9. The van der Waals surface area contributed by atoms with Gasteiger partial charge in [0.25, 0.3) is 0 Å². The van der Waals surface area contributed by atoms with Gasteiger partial charge in [-0.15, -0.1) is 11.6 Å². The summed E-state index contributed by atoms with van der Waals surface area (Å²) in [6.45, 7) is 33.9. The highest BCUT2D eigenvalue weighted by Gasteiger charge is 2.26. The Bertz CT molecular complexity index is 4270. The Morgan fingerprint density at radius 3 is 1.20 bits per heavy atom. The van der Waals surface area contributed by atoms with Crippen molar-refractivity contribution in [3.8, 4) is 29.1 Å². The highest BCUT2D eigenvalue weighted by atomic mass is 35.5. The first-order valence-corrected chi connectivity index (χ1v) is 36.9. The summed E-state index contributed by atoms with van der Waals surface area (Å²) in [5, 5.41) is 41.1. The van der Waals surface area contributed by atoms with Crippen molar-refractivity contribution in [3.63, 3.8) is 0 Å². The first-order chi connectivity index (χ1) is 51.1. The Morgan fingerprint density at radius 1 is 0.481 bits per heavy atom. The van der Waals surface area contributed by atoms with Crippen LogP contribution < -0.4 is 5.73 Å². The van der Waals surface area contributed by atoms with Gasteiger partial charge in [0.2, 0.25) is 0 Å². The maximum Gasteiger partial charge on any atom is 0.168 e. The molecule has 5 N–H and O–H groups in total. The van der Waals surface area contributed by atoms with E-state index in [-0.39, 0.29) is 30.3 Å². The number of anilines is 1. The van der Waals surface area contributed by atoms with Gasteiger partial charge in [-0.2, -0.15) is 30.6 Å². The molecule has 16 heterocycles. The number of Topliss-reactive ketones (excluding diaryl/α,β-unsaturated/α-hetero) is 2. The van der Waals surface area contributed by atoms with E-state index in [4.69, 9.17) is 46.1 Å². The third-order valence-corrected chi connectivity index (χ3v) is 19.2. The number of halogens is 1. The first-order valence-electron chi connectivity index (χ1n) is 36.4. The molecule has 27 nitrogen and oxygen atoms in total. The van der Waals surface area contributed by atoms with Crippen LogP contribution in [-0.2, 0) is 45.8 Å². The summed E-state index contributed by atoms with van der Waals surface area (Å²) in [4.78, 5) is 31.6. The van der Waals surface area contributed by atoms with Gasteiger partial charge in [-0.05, 0) is 188 Å². The second-order valence-electron chi connectivity index (χ2n) is 27.5. The van der Waals surface area contributed by atoms with Crippen LogP contribution in [0.15, 0.2) is 116 Å². The molecule has 0 radical (unpaired) electrons. The summed E-state index contributed by atoms with van der Waals surface area (Å²) < 4.78 is 45.1. The number of carbonyl (C=O) groups excluding carboxylic acids is 3. The number of aromatic amines is 2. The molecule has 0 unspecified atom stereocenters. The second kappa shape index (κ2) is 39.2. The quantitative estimate of drug-likeness (QED) is 0.0548. The average molecular weight is 1480 g/mol. The third kappa shape index (κ3) is 21.4. The minimum atomic E-state index is 0.00284. The molecule has 0 saturated carbocycles. The van der Waals surface area contributed by atoms with Crippen LogP contribution in [0.25, 0.3) is 29.1 Å². The fourth-order valence-corrected chi connectivity index (χ4v) is 13.3. The lowest BCUT2D eigenvalue weighted by Crippen LogP contribution is -2.14. The first kappa shape index (κ1) is 80.6. The Balaban J connectivity index is 0.000000144. The molecule has 570 valence electrons. The van der Waals surface area contributed by atoms with Crippen LogP contribution >= 0.6 is 11.6 Å². The lowest BCUT2D eigenvalue weighted by atomic mass is 10.2. The number of nitrogens with two attached hydrogens (primary N) is 1. The predicted octanol–water partition coefficient (Wildman–Crippen LogP) is 12.8. The number of carbonyl (C=O) groups is 3. The fraction of sp³-hybridized carbons (Fsp3) is 0.474. The highest BCUT2D eigenvalue weighted by Crippen LogP contribution is 2.29. The average Bonchev–Trinajstić information content (AvgIpc) is 1.62. The molecule has 28 heteroatoms. The van der Waals surface area contributed by atoms with Crippen LogP contribution in [0.4, 0.5) is 5.82 Å². The Kier molecular flexibility index (Phi) is 29.8. The molecule has 0 aliphatic carbocycles. The van der Waals surface area contributed by atoms with E-state index in [0.29, 0.717) is 55.5 Å². The molecule has 0 bridgehead atoms. The van der Waals surface area contributed by atoms with Crippen LogP contribution in [0.5, 0.6) is 0 Å². The van der Waals surface area contributed by atoms with Crippen LogP contribution in [0.1, 0.15) is 169 Å². The van der Waals surface area contributed by atoms with Crippen molar-refractivity contribution >= 4 is 35.3 Å². The van der Waals surface area contributed by atoms with Crippen LogP contribution in [0.2, 0.25) is 0 Å². The summed E-state index contributed by atoms with van der Waals surface area (Å²) in [5.41, 5.74) is 19.4. The van der Waals surface area contributed by atoms with Crippen LogP contribution in [0.3, 0.4) is 0 Å². The van der Waals surface area contributed by atoms with Crippen molar-refractivity contribution in [2.75, 3.05) is 71.8 Å². The van der Waals surface area contributed by atoms with E-state index in [0.717, 1.165) is 154 Å². The summed E-state index contributed by atoms with van der Waals surface area (Å²) in [5.74, 6) is 6.71. The number of aldehydes is 1. The number of aromatic nitrogens is 17. The molecular formula is C78H107ClN18O9. The van der Waals surface area contributed by atoms with Crippen molar-refractivity contribution in [1.82, 2.24) is 82.4 Å². The largest absolute Gasteiger partial charge is 0.390 e. The van der Waals surface area contributed by atoms with Crippen molar-refractivity contribution in [2.24, 2.45) is 5.92 Å². The summed E-state index contributed by atoms with van der Waals surface area (Å²) in [6, 6.07) is 33.6. The molecule has 11 aromatic heterocycles. The topological polar surface area (TPSA) is 297 Å². The summed E-state index contributed by atoms with van der Waals surface area (Å²) in [7, 11) is 0. The van der Waals surface area contributed by atoms with Gasteiger partial charge in [0.15, 0.2) is 29.6 Å². The number of hydrogen-bond donors (Lipinski definition) is 4.